The van der Waals surface area contributed by atoms with E-state index in [2.05, 4.69) is 20.5 Å². The molecule has 1 aromatic rings. The predicted molar refractivity (Wildman–Crippen MR) is 79.2 cm³/mol. The van der Waals surface area contributed by atoms with Gasteiger partial charge in [0.15, 0.2) is 0 Å². The SMILES string of the molecule is CC(C)(C)OC(=O)Nc1ccc(N2CCNCC2)nc1. The summed E-state index contributed by atoms with van der Waals surface area (Å²) in [6.07, 6.45) is 1.19. The van der Waals surface area contributed by atoms with Crippen molar-refractivity contribution in [1.82, 2.24) is 10.3 Å². The highest BCUT2D eigenvalue weighted by Gasteiger charge is 2.16. The zero-order valence-electron chi connectivity index (χ0n) is 12.3. The maximum atomic E-state index is 11.6. The minimum Gasteiger partial charge on any atom is -0.444 e. The molecule has 2 heterocycles. The Morgan fingerprint density at radius 3 is 2.60 bits per heavy atom. The first-order valence-corrected chi connectivity index (χ1v) is 6.86. The predicted octanol–water partition coefficient (Wildman–Crippen LogP) is 1.84. The number of aromatic nitrogens is 1. The minimum atomic E-state index is -0.502. The number of ether oxygens (including phenoxy) is 1. The van der Waals surface area contributed by atoms with E-state index in [4.69, 9.17) is 4.74 Å². The van der Waals surface area contributed by atoms with E-state index >= 15 is 0 Å². The van der Waals surface area contributed by atoms with E-state index in [1.54, 1.807) is 6.20 Å². The molecule has 0 spiro atoms. The Morgan fingerprint density at radius 2 is 2.05 bits per heavy atom. The molecule has 6 nitrogen and oxygen atoms in total. The summed E-state index contributed by atoms with van der Waals surface area (Å²) in [7, 11) is 0. The molecular weight excluding hydrogens is 256 g/mol. The third-order valence-electron chi connectivity index (χ3n) is 2.83. The molecule has 2 rings (SSSR count). The lowest BCUT2D eigenvalue weighted by Gasteiger charge is -2.28. The average Bonchev–Trinajstić information content (AvgIpc) is 2.38. The molecule has 1 aliphatic rings. The molecule has 110 valence electrons. The number of pyridine rings is 1. The van der Waals surface area contributed by atoms with Crippen LogP contribution in [-0.2, 0) is 4.74 Å². The van der Waals surface area contributed by atoms with E-state index < -0.39 is 11.7 Å². The quantitative estimate of drug-likeness (QED) is 0.864. The zero-order chi connectivity index (χ0) is 14.6. The van der Waals surface area contributed by atoms with E-state index in [9.17, 15) is 4.79 Å². The number of carbonyl (C=O) groups excluding carboxylic acids is 1. The van der Waals surface area contributed by atoms with Gasteiger partial charge in [0.25, 0.3) is 0 Å². The summed E-state index contributed by atoms with van der Waals surface area (Å²) in [5.41, 5.74) is 0.135. The number of nitrogens with one attached hydrogen (secondary N) is 2. The molecule has 0 saturated carbocycles. The summed E-state index contributed by atoms with van der Waals surface area (Å²) in [6, 6.07) is 3.76. The maximum Gasteiger partial charge on any atom is 0.412 e. The van der Waals surface area contributed by atoms with Crippen LogP contribution in [0.5, 0.6) is 0 Å². The molecule has 6 heteroatoms. The summed E-state index contributed by atoms with van der Waals surface area (Å²) in [5.74, 6) is 0.932. The third kappa shape index (κ3) is 4.38. The Balaban J connectivity index is 1.92. The lowest BCUT2D eigenvalue weighted by atomic mass is 10.2. The second-order valence-corrected chi connectivity index (χ2v) is 5.77. The number of carbonyl (C=O) groups is 1. The van der Waals surface area contributed by atoms with Crippen molar-refractivity contribution in [2.75, 3.05) is 36.4 Å². The minimum absolute atomic E-state index is 0.464. The summed E-state index contributed by atoms with van der Waals surface area (Å²) in [4.78, 5) is 18.2. The van der Waals surface area contributed by atoms with E-state index in [-0.39, 0.29) is 0 Å². The Hall–Kier alpha value is -1.82. The average molecular weight is 278 g/mol. The number of nitrogens with zero attached hydrogens (tertiary/aromatic N) is 2. The molecule has 0 aromatic carbocycles. The van der Waals surface area contributed by atoms with Crippen molar-refractivity contribution in [3.05, 3.63) is 18.3 Å². The van der Waals surface area contributed by atoms with Crippen LogP contribution in [0.3, 0.4) is 0 Å². The van der Waals surface area contributed by atoms with Gasteiger partial charge in [-0.3, -0.25) is 5.32 Å². The first kappa shape index (κ1) is 14.6. The molecule has 0 bridgehead atoms. The van der Waals surface area contributed by atoms with Gasteiger partial charge in [0.05, 0.1) is 11.9 Å². The Morgan fingerprint density at radius 1 is 1.35 bits per heavy atom. The van der Waals surface area contributed by atoms with Gasteiger partial charge in [0.2, 0.25) is 0 Å². The van der Waals surface area contributed by atoms with Gasteiger partial charge in [-0.1, -0.05) is 0 Å². The summed E-state index contributed by atoms with van der Waals surface area (Å²) in [6.45, 7) is 9.34. The van der Waals surface area contributed by atoms with Crippen molar-refractivity contribution >= 4 is 17.6 Å². The lowest BCUT2D eigenvalue weighted by Crippen LogP contribution is -2.43. The van der Waals surface area contributed by atoms with Crippen LogP contribution < -0.4 is 15.5 Å². The fourth-order valence-electron chi connectivity index (χ4n) is 1.96. The third-order valence-corrected chi connectivity index (χ3v) is 2.83. The van der Waals surface area contributed by atoms with E-state index in [0.717, 1.165) is 32.0 Å². The highest BCUT2D eigenvalue weighted by atomic mass is 16.6. The van der Waals surface area contributed by atoms with Crippen molar-refractivity contribution in [2.45, 2.75) is 26.4 Å². The molecule has 2 N–H and O–H groups in total. The molecule has 20 heavy (non-hydrogen) atoms. The molecule has 1 aliphatic heterocycles. The van der Waals surface area contributed by atoms with Crippen LogP contribution in [0.1, 0.15) is 20.8 Å². The van der Waals surface area contributed by atoms with Gasteiger partial charge in [0, 0.05) is 26.2 Å². The first-order chi connectivity index (χ1) is 9.44. The fourth-order valence-corrected chi connectivity index (χ4v) is 1.96. The molecule has 1 fully saturated rings. The molecule has 0 atom stereocenters. The highest BCUT2D eigenvalue weighted by molar-refractivity contribution is 5.84. The summed E-state index contributed by atoms with van der Waals surface area (Å²) in [5, 5.41) is 5.97. The van der Waals surface area contributed by atoms with E-state index in [0.29, 0.717) is 5.69 Å². The van der Waals surface area contributed by atoms with Crippen LogP contribution in [0.2, 0.25) is 0 Å². The van der Waals surface area contributed by atoms with Crippen molar-refractivity contribution in [3.63, 3.8) is 0 Å². The van der Waals surface area contributed by atoms with Crippen LogP contribution in [0.4, 0.5) is 16.3 Å². The first-order valence-electron chi connectivity index (χ1n) is 6.86. The molecule has 1 aromatic heterocycles. The van der Waals surface area contributed by atoms with E-state index in [1.807, 2.05) is 32.9 Å². The van der Waals surface area contributed by atoms with Crippen LogP contribution in [0.25, 0.3) is 0 Å². The maximum absolute atomic E-state index is 11.6. The smallest absolute Gasteiger partial charge is 0.412 e. The molecule has 0 radical (unpaired) electrons. The van der Waals surface area contributed by atoms with Gasteiger partial charge in [-0.05, 0) is 32.9 Å². The number of hydrogen-bond donors (Lipinski definition) is 2. The number of piperazine rings is 1. The standard InChI is InChI=1S/C14H22N4O2/c1-14(2,3)20-13(19)17-11-4-5-12(16-10-11)18-8-6-15-7-9-18/h4-5,10,15H,6-9H2,1-3H3,(H,17,19). The van der Waals surface area contributed by atoms with Crippen molar-refractivity contribution in [1.29, 1.82) is 0 Å². The zero-order valence-corrected chi connectivity index (χ0v) is 12.3. The lowest BCUT2D eigenvalue weighted by molar-refractivity contribution is 0.0636. The van der Waals surface area contributed by atoms with Crippen LogP contribution >= 0.6 is 0 Å². The van der Waals surface area contributed by atoms with Gasteiger partial charge >= 0.3 is 6.09 Å². The Labute approximate surface area is 119 Å². The topological polar surface area (TPSA) is 66.5 Å². The number of hydrogen-bond acceptors (Lipinski definition) is 5. The van der Waals surface area contributed by atoms with Crippen molar-refractivity contribution in [2.24, 2.45) is 0 Å². The second-order valence-electron chi connectivity index (χ2n) is 5.77. The van der Waals surface area contributed by atoms with Gasteiger partial charge < -0.3 is 15.0 Å². The molecular formula is C14H22N4O2. The van der Waals surface area contributed by atoms with Gasteiger partial charge in [-0.2, -0.15) is 0 Å². The van der Waals surface area contributed by atoms with Gasteiger partial charge in [-0.25, -0.2) is 9.78 Å². The normalized spacial score (nSPS) is 15.8. The summed E-state index contributed by atoms with van der Waals surface area (Å²) < 4.78 is 5.19. The van der Waals surface area contributed by atoms with Crippen molar-refractivity contribution in [3.8, 4) is 0 Å². The molecule has 1 amide bonds. The highest BCUT2D eigenvalue weighted by Crippen LogP contribution is 2.16. The monoisotopic (exact) mass is 278 g/mol. The molecule has 0 aliphatic carbocycles. The number of amides is 1. The molecule has 0 unspecified atom stereocenters. The number of anilines is 2. The van der Waals surface area contributed by atoms with Crippen molar-refractivity contribution < 1.29 is 9.53 Å². The largest absolute Gasteiger partial charge is 0.444 e. The Bertz CT molecular complexity index is 447. The molecule has 1 saturated heterocycles. The number of rotatable bonds is 2. The van der Waals surface area contributed by atoms with Gasteiger partial charge in [-0.15, -0.1) is 0 Å². The summed E-state index contributed by atoms with van der Waals surface area (Å²) >= 11 is 0. The van der Waals surface area contributed by atoms with E-state index in [1.165, 1.54) is 0 Å². The second kappa shape index (κ2) is 6.09. The van der Waals surface area contributed by atoms with Crippen LogP contribution in [-0.4, -0.2) is 42.9 Å². The van der Waals surface area contributed by atoms with Crippen LogP contribution in [0, 0.1) is 0 Å². The Kier molecular flexibility index (Phi) is 4.44. The van der Waals surface area contributed by atoms with Gasteiger partial charge in [0.1, 0.15) is 11.4 Å². The fraction of sp³-hybridized carbons (Fsp3) is 0.571. The van der Waals surface area contributed by atoms with Crippen LogP contribution in [0.15, 0.2) is 18.3 Å².